The molecule has 138 valence electrons. The molecule has 8 heteroatoms. The van der Waals surface area contributed by atoms with Crippen molar-refractivity contribution in [1.29, 1.82) is 0 Å². The molecule has 4 heterocycles. The van der Waals surface area contributed by atoms with Crippen LogP contribution in [-0.2, 0) is 13.5 Å². The zero-order valence-corrected chi connectivity index (χ0v) is 15.6. The first-order chi connectivity index (χ1) is 13.0. The van der Waals surface area contributed by atoms with Crippen LogP contribution in [0.2, 0.25) is 0 Å². The van der Waals surface area contributed by atoms with E-state index in [-0.39, 0.29) is 6.17 Å². The van der Waals surface area contributed by atoms with Crippen molar-refractivity contribution in [3.63, 3.8) is 0 Å². The smallest absolute Gasteiger partial charge is 0.265 e. The highest BCUT2D eigenvalue weighted by Crippen LogP contribution is 2.44. The van der Waals surface area contributed by atoms with Gasteiger partial charge in [-0.15, -0.1) is 10.2 Å². The Balaban J connectivity index is 1.78. The van der Waals surface area contributed by atoms with Crippen molar-refractivity contribution in [2.75, 3.05) is 12.0 Å². The second kappa shape index (κ2) is 5.60. The normalized spacial score (nSPS) is 17.9. The van der Waals surface area contributed by atoms with Gasteiger partial charge in [0.25, 0.3) is 5.89 Å². The number of ether oxygens (including phenoxy) is 1. The standard InChI is InChI=1S/C19H20N6O2/c1-10-20-18(19-22-21-11(2)27-19)16-7-12-9-24(3)23-17(12)14-8-13(26-4)5-6-15(14)25(10)16/h5-6,8-10,20H,7H2,1-4H3. The number of fused-ring (bicyclic) bond motifs is 5. The van der Waals surface area contributed by atoms with E-state index in [0.29, 0.717) is 18.2 Å². The molecule has 2 aliphatic heterocycles. The Morgan fingerprint density at radius 2 is 2.15 bits per heavy atom. The van der Waals surface area contributed by atoms with E-state index in [4.69, 9.17) is 14.3 Å². The van der Waals surface area contributed by atoms with Gasteiger partial charge in [-0.05, 0) is 25.1 Å². The third kappa shape index (κ3) is 2.33. The lowest BCUT2D eigenvalue weighted by Gasteiger charge is -2.27. The van der Waals surface area contributed by atoms with Crippen molar-refractivity contribution in [2.24, 2.45) is 7.05 Å². The number of aromatic nitrogens is 4. The van der Waals surface area contributed by atoms with Gasteiger partial charge in [0.2, 0.25) is 5.89 Å². The van der Waals surface area contributed by atoms with Crippen LogP contribution in [0.1, 0.15) is 24.3 Å². The minimum atomic E-state index is 0.0482. The summed E-state index contributed by atoms with van der Waals surface area (Å²) in [4.78, 5) is 2.28. The van der Waals surface area contributed by atoms with E-state index in [2.05, 4.69) is 39.6 Å². The molecule has 1 aromatic carbocycles. The van der Waals surface area contributed by atoms with E-state index in [9.17, 15) is 0 Å². The van der Waals surface area contributed by atoms with E-state index in [0.717, 1.165) is 39.7 Å². The van der Waals surface area contributed by atoms with E-state index in [1.165, 1.54) is 0 Å². The maximum atomic E-state index is 5.71. The number of aryl methyl sites for hydroxylation is 2. The molecule has 0 spiro atoms. The van der Waals surface area contributed by atoms with Crippen LogP contribution in [0.15, 0.2) is 34.5 Å². The fourth-order valence-corrected chi connectivity index (χ4v) is 3.94. The summed E-state index contributed by atoms with van der Waals surface area (Å²) in [5, 5.41) is 16.4. The fraction of sp³-hybridized carbons (Fsp3) is 0.316. The van der Waals surface area contributed by atoms with Gasteiger partial charge in [0.05, 0.1) is 24.2 Å². The summed E-state index contributed by atoms with van der Waals surface area (Å²) in [6.07, 6.45) is 2.83. The van der Waals surface area contributed by atoms with Crippen molar-refractivity contribution in [3.05, 3.63) is 47.4 Å². The molecule has 8 nitrogen and oxygen atoms in total. The number of nitrogens with zero attached hydrogens (tertiary/aromatic N) is 5. The molecule has 1 unspecified atom stereocenters. The molecular weight excluding hydrogens is 344 g/mol. The number of benzene rings is 1. The molecule has 2 aliphatic rings. The summed E-state index contributed by atoms with van der Waals surface area (Å²) in [5.41, 5.74) is 6.23. The van der Waals surface area contributed by atoms with Crippen LogP contribution in [0.5, 0.6) is 5.75 Å². The van der Waals surface area contributed by atoms with Crippen LogP contribution >= 0.6 is 0 Å². The second-order valence-electron chi connectivity index (χ2n) is 6.87. The summed E-state index contributed by atoms with van der Waals surface area (Å²) in [6, 6.07) is 6.11. The Labute approximate surface area is 156 Å². The molecule has 0 fully saturated rings. The molecule has 1 N–H and O–H groups in total. The highest BCUT2D eigenvalue weighted by Gasteiger charge is 2.37. The van der Waals surface area contributed by atoms with Gasteiger partial charge < -0.3 is 19.4 Å². The first-order valence-electron chi connectivity index (χ1n) is 8.85. The summed E-state index contributed by atoms with van der Waals surface area (Å²) >= 11 is 0. The Morgan fingerprint density at radius 3 is 2.89 bits per heavy atom. The molecule has 0 saturated heterocycles. The summed E-state index contributed by atoms with van der Waals surface area (Å²) in [6.45, 7) is 3.92. The number of rotatable bonds is 2. The number of allylic oxidation sites excluding steroid dienone is 1. The molecule has 0 bridgehead atoms. The van der Waals surface area contributed by atoms with Crippen LogP contribution < -0.4 is 15.0 Å². The maximum Gasteiger partial charge on any atom is 0.265 e. The van der Waals surface area contributed by atoms with Crippen molar-refractivity contribution >= 4 is 11.4 Å². The predicted octanol–water partition coefficient (Wildman–Crippen LogP) is 2.47. The van der Waals surface area contributed by atoms with Crippen LogP contribution in [-0.4, -0.2) is 33.3 Å². The lowest BCUT2D eigenvalue weighted by atomic mass is 10.0. The van der Waals surface area contributed by atoms with Crippen molar-refractivity contribution in [1.82, 2.24) is 25.3 Å². The van der Waals surface area contributed by atoms with Crippen LogP contribution in [0, 0.1) is 6.92 Å². The lowest BCUT2D eigenvalue weighted by molar-refractivity contribution is 0.415. The third-order valence-electron chi connectivity index (χ3n) is 5.04. The number of nitrogens with one attached hydrogen (secondary N) is 1. The number of methoxy groups -OCH3 is 1. The van der Waals surface area contributed by atoms with Gasteiger partial charge in [0.15, 0.2) is 0 Å². The van der Waals surface area contributed by atoms with Crippen molar-refractivity contribution < 1.29 is 9.15 Å². The van der Waals surface area contributed by atoms with E-state index >= 15 is 0 Å². The monoisotopic (exact) mass is 364 g/mol. The molecule has 0 aliphatic carbocycles. The van der Waals surface area contributed by atoms with Gasteiger partial charge in [-0.25, -0.2) is 0 Å². The van der Waals surface area contributed by atoms with Crippen molar-refractivity contribution in [3.8, 4) is 17.0 Å². The number of hydrogen-bond donors (Lipinski definition) is 1. The average Bonchev–Trinajstić information content (AvgIpc) is 3.30. The first-order valence-corrected chi connectivity index (χ1v) is 8.85. The number of hydrogen-bond acceptors (Lipinski definition) is 7. The molecule has 0 saturated carbocycles. The zero-order chi connectivity index (χ0) is 18.7. The molecule has 2 aromatic heterocycles. The third-order valence-corrected chi connectivity index (χ3v) is 5.04. The van der Waals surface area contributed by atoms with E-state index in [1.54, 1.807) is 14.0 Å². The second-order valence-corrected chi connectivity index (χ2v) is 6.87. The minimum Gasteiger partial charge on any atom is -0.497 e. The van der Waals surface area contributed by atoms with Crippen LogP contribution in [0.4, 0.5) is 5.69 Å². The highest BCUT2D eigenvalue weighted by molar-refractivity contribution is 5.87. The minimum absolute atomic E-state index is 0.0482. The molecule has 0 amide bonds. The molecule has 5 rings (SSSR count). The lowest BCUT2D eigenvalue weighted by Crippen LogP contribution is -2.34. The van der Waals surface area contributed by atoms with Crippen molar-refractivity contribution in [2.45, 2.75) is 26.4 Å². The molecule has 27 heavy (non-hydrogen) atoms. The zero-order valence-electron chi connectivity index (χ0n) is 15.6. The summed E-state index contributed by atoms with van der Waals surface area (Å²) in [7, 11) is 3.62. The van der Waals surface area contributed by atoms with Crippen LogP contribution in [0.25, 0.3) is 17.0 Å². The Kier molecular flexibility index (Phi) is 3.30. The van der Waals surface area contributed by atoms with Gasteiger partial charge in [-0.2, -0.15) is 5.10 Å². The molecular formula is C19H20N6O2. The molecule has 3 aromatic rings. The Bertz CT molecular complexity index is 1080. The predicted molar refractivity (Wildman–Crippen MR) is 99.9 cm³/mol. The van der Waals surface area contributed by atoms with E-state index < -0.39 is 0 Å². The quantitative estimate of drug-likeness (QED) is 0.748. The van der Waals surface area contributed by atoms with Crippen LogP contribution in [0.3, 0.4) is 0 Å². The van der Waals surface area contributed by atoms with Gasteiger partial charge >= 0.3 is 0 Å². The van der Waals surface area contributed by atoms with Gasteiger partial charge in [-0.3, -0.25) is 4.68 Å². The number of anilines is 1. The van der Waals surface area contributed by atoms with Gasteiger partial charge in [-0.1, -0.05) is 0 Å². The Morgan fingerprint density at radius 1 is 1.30 bits per heavy atom. The fourth-order valence-electron chi connectivity index (χ4n) is 3.94. The maximum absolute atomic E-state index is 5.71. The van der Waals surface area contributed by atoms with Gasteiger partial charge in [0, 0.05) is 37.7 Å². The topological polar surface area (TPSA) is 81.2 Å². The summed E-state index contributed by atoms with van der Waals surface area (Å²) < 4.78 is 13.0. The highest BCUT2D eigenvalue weighted by atomic mass is 16.5. The molecule has 1 atom stereocenters. The molecule has 0 radical (unpaired) electrons. The largest absolute Gasteiger partial charge is 0.497 e. The van der Waals surface area contributed by atoms with E-state index in [1.807, 2.05) is 23.9 Å². The average molecular weight is 364 g/mol. The SMILES string of the molecule is COc1ccc2c(c1)-c1nn(C)cc1CC1=C(c3nnc(C)o3)NC(C)N12. The first kappa shape index (κ1) is 15.9. The Hall–Kier alpha value is -3.29. The summed E-state index contributed by atoms with van der Waals surface area (Å²) in [5.74, 6) is 1.87. The van der Waals surface area contributed by atoms with Gasteiger partial charge in [0.1, 0.15) is 17.6 Å².